The fraction of sp³-hybridized carbons (Fsp3) is 0.550. The smallest absolute Gasteiger partial charge is 0.233 e. The van der Waals surface area contributed by atoms with Gasteiger partial charge in [-0.2, -0.15) is 0 Å². The lowest BCUT2D eigenvalue weighted by Gasteiger charge is -2.41. The number of nitrogens with zero attached hydrogens (tertiary/aromatic N) is 4. The van der Waals surface area contributed by atoms with Crippen LogP contribution in [0.1, 0.15) is 37.7 Å². The number of thioether (sulfide) groups is 1. The fourth-order valence-electron chi connectivity index (χ4n) is 4.32. The molecule has 0 bridgehead atoms. The number of benzene rings is 1. The van der Waals surface area contributed by atoms with Gasteiger partial charge in [0.2, 0.25) is 11.1 Å². The Morgan fingerprint density at radius 3 is 2.67 bits per heavy atom. The van der Waals surface area contributed by atoms with Crippen molar-refractivity contribution in [1.29, 1.82) is 0 Å². The average Bonchev–Trinajstić information content (AvgIpc) is 3.07. The third-order valence-electron chi connectivity index (χ3n) is 5.94. The van der Waals surface area contributed by atoms with Gasteiger partial charge in [0.15, 0.2) is 5.82 Å². The average molecular weight is 386 g/mol. The van der Waals surface area contributed by atoms with E-state index in [2.05, 4.69) is 10.2 Å². The lowest BCUT2D eigenvalue weighted by atomic mass is 9.75. The number of hydrogen-bond acceptors (Lipinski definition) is 5. The zero-order chi connectivity index (χ0) is 18.8. The van der Waals surface area contributed by atoms with Gasteiger partial charge in [0.25, 0.3) is 0 Å². The second-order valence-electron chi connectivity index (χ2n) is 7.76. The molecule has 2 atom stereocenters. The Morgan fingerprint density at radius 2 is 1.89 bits per heavy atom. The number of likely N-dealkylation sites (tertiary alicyclic amines) is 1. The monoisotopic (exact) mass is 385 g/mol. The van der Waals surface area contributed by atoms with Crippen molar-refractivity contribution >= 4 is 17.7 Å². The molecular weight excluding hydrogens is 358 g/mol. The van der Waals surface area contributed by atoms with Crippen LogP contribution in [0.2, 0.25) is 0 Å². The minimum absolute atomic E-state index is 0.184. The van der Waals surface area contributed by atoms with Crippen LogP contribution in [0.3, 0.4) is 0 Å². The van der Waals surface area contributed by atoms with Crippen molar-refractivity contribution in [1.82, 2.24) is 19.8 Å². The van der Waals surface area contributed by atoms with Crippen LogP contribution in [0, 0.1) is 18.8 Å². The predicted octanol–water partition coefficient (Wildman–Crippen LogP) is 3.10. The maximum Gasteiger partial charge on any atom is 0.233 e. The summed E-state index contributed by atoms with van der Waals surface area (Å²) in [5.41, 5.74) is 2.11. The van der Waals surface area contributed by atoms with Gasteiger partial charge in [-0.15, -0.1) is 10.2 Å². The van der Waals surface area contributed by atoms with Crippen LogP contribution in [0.15, 0.2) is 29.4 Å². The number of aromatic nitrogens is 3. The van der Waals surface area contributed by atoms with E-state index in [-0.39, 0.29) is 5.91 Å². The molecule has 1 saturated carbocycles. The van der Waals surface area contributed by atoms with Crippen molar-refractivity contribution in [3.63, 3.8) is 0 Å². The summed E-state index contributed by atoms with van der Waals surface area (Å²) in [6.45, 7) is 3.86. The summed E-state index contributed by atoms with van der Waals surface area (Å²) in [6.07, 6.45) is 6.46. The van der Waals surface area contributed by atoms with Gasteiger partial charge in [-0.05, 0) is 31.6 Å². The number of fused-ring (bicyclic) bond motifs is 1. The van der Waals surface area contributed by atoms with Gasteiger partial charge >= 0.3 is 0 Å². The van der Waals surface area contributed by atoms with E-state index in [1.807, 2.05) is 36.1 Å². The molecule has 27 heavy (non-hydrogen) atoms. The molecule has 2 N–H and O–H groups in total. The number of hydrogen-bond donors (Lipinski definition) is 1. The maximum absolute atomic E-state index is 12.7. The molecule has 2 aliphatic rings. The van der Waals surface area contributed by atoms with Gasteiger partial charge in [0, 0.05) is 18.7 Å². The van der Waals surface area contributed by atoms with Crippen molar-refractivity contribution in [2.45, 2.75) is 44.2 Å². The van der Waals surface area contributed by atoms with E-state index in [0.29, 0.717) is 22.7 Å². The highest BCUT2D eigenvalue weighted by molar-refractivity contribution is 7.99. The van der Waals surface area contributed by atoms with E-state index >= 15 is 0 Å². The highest BCUT2D eigenvalue weighted by Crippen LogP contribution is 2.36. The second kappa shape index (κ2) is 7.92. The molecule has 0 unspecified atom stereocenters. The number of piperidine rings is 1. The van der Waals surface area contributed by atoms with Crippen LogP contribution in [-0.4, -0.2) is 44.5 Å². The van der Waals surface area contributed by atoms with Gasteiger partial charge in [-0.1, -0.05) is 60.9 Å². The third kappa shape index (κ3) is 3.98. The van der Waals surface area contributed by atoms with Gasteiger partial charge in [-0.25, -0.2) is 4.68 Å². The fourth-order valence-corrected chi connectivity index (χ4v) is 5.08. The lowest BCUT2D eigenvalue weighted by molar-refractivity contribution is -0.131. The lowest BCUT2D eigenvalue weighted by Crippen LogP contribution is -2.45. The first-order valence-corrected chi connectivity index (χ1v) is 10.8. The maximum atomic E-state index is 12.7. The standard InChI is InChI=1S/C20H27N5OS/c1-14-6-8-16(9-7-14)19-22-23-20(25(19)21)27-13-18(26)24-11-10-15-4-2-3-5-17(15)12-24/h6-9,15,17H,2-5,10-13,21H2,1H3/t15-,17+/m1/s1. The molecule has 144 valence electrons. The van der Waals surface area contributed by atoms with Crippen LogP contribution >= 0.6 is 11.8 Å². The normalized spacial score (nSPS) is 22.5. The Labute approximate surface area is 164 Å². The SMILES string of the molecule is Cc1ccc(-c2nnc(SCC(=O)N3CC[C@H]4CCCC[C@H]4C3)n2N)cc1. The molecule has 4 rings (SSSR count). The van der Waals surface area contributed by atoms with Gasteiger partial charge in [0.05, 0.1) is 5.75 Å². The van der Waals surface area contributed by atoms with Gasteiger partial charge in [0.1, 0.15) is 0 Å². The van der Waals surface area contributed by atoms with Crippen molar-refractivity contribution in [3.8, 4) is 11.4 Å². The van der Waals surface area contributed by atoms with Crippen LogP contribution in [0.25, 0.3) is 11.4 Å². The minimum atomic E-state index is 0.184. The summed E-state index contributed by atoms with van der Waals surface area (Å²) in [7, 11) is 0. The zero-order valence-corrected chi connectivity index (χ0v) is 16.6. The quantitative estimate of drug-likeness (QED) is 0.646. The topological polar surface area (TPSA) is 77.0 Å². The number of amides is 1. The van der Waals surface area contributed by atoms with Crippen LogP contribution < -0.4 is 5.84 Å². The summed E-state index contributed by atoms with van der Waals surface area (Å²) in [4.78, 5) is 14.7. The van der Waals surface area contributed by atoms with E-state index in [1.165, 1.54) is 47.7 Å². The Balaban J connectivity index is 1.36. The van der Waals surface area contributed by atoms with E-state index < -0.39 is 0 Å². The van der Waals surface area contributed by atoms with Crippen molar-refractivity contribution in [3.05, 3.63) is 29.8 Å². The first-order valence-electron chi connectivity index (χ1n) is 9.80. The van der Waals surface area contributed by atoms with Crippen molar-refractivity contribution in [2.75, 3.05) is 24.7 Å². The Hall–Kier alpha value is -2.02. The number of carbonyl (C=O) groups excluding carboxylic acids is 1. The summed E-state index contributed by atoms with van der Waals surface area (Å²) in [6, 6.07) is 8.01. The number of carbonyl (C=O) groups is 1. The highest BCUT2D eigenvalue weighted by atomic mass is 32.2. The Morgan fingerprint density at radius 1 is 1.15 bits per heavy atom. The van der Waals surface area contributed by atoms with Gasteiger partial charge in [-0.3, -0.25) is 4.79 Å². The number of nitrogen functional groups attached to an aromatic ring is 1. The van der Waals surface area contributed by atoms with E-state index in [1.54, 1.807) is 0 Å². The molecular formula is C20H27N5OS. The largest absolute Gasteiger partial charge is 0.342 e. The summed E-state index contributed by atoms with van der Waals surface area (Å²) >= 11 is 1.37. The highest BCUT2D eigenvalue weighted by Gasteiger charge is 2.32. The van der Waals surface area contributed by atoms with Crippen LogP contribution in [0.5, 0.6) is 0 Å². The zero-order valence-electron chi connectivity index (χ0n) is 15.8. The van der Waals surface area contributed by atoms with Crippen LogP contribution in [-0.2, 0) is 4.79 Å². The van der Waals surface area contributed by atoms with Gasteiger partial charge < -0.3 is 10.7 Å². The molecule has 7 heteroatoms. The molecule has 2 aromatic rings. The van der Waals surface area contributed by atoms with E-state index in [0.717, 1.165) is 31.0 Å². The summed E-state index contributed by atoms with van der Waals surface area (Å²) in [5, 5.41) is 8.96. The summed E-state index contributed by atoms with van der Waals surface area (Å²) in [5.74, 6) is 8.87. The van der Waals surface area contributed by atoms with Crippen LogP contribution in [0.4, 0.5) is 0 Å². The molecule has 2 fully saturated rings. The molecule has 1 aliphatic carbocycles. The Bertz CT molecular complexity index is 803. The molecule has 1 saturated heterocycles. The second-order valence-corrected chi connectivity index (χ2v) is 8.71. The molecule has 0 radical (unpaired) electrons. The predicted molar refractivity (Wildman–Crippen MR) is 108 cm³/mol. The number of aryl methyl sites for hydroxylation is 1. The van der Waals surface area contributed by atoms with Crippen molar-refractivity contribution < 1.29 is 4.79 Å². The first kappa shape index (κ1) is 18.3. The molecule has 1 amide bonds. The molecule has 1 aliphatic heterocycles. The van der Waals surface area contributed by atoms with Crippen molar-refractivity contribution in [2.24, 2.45) is 11.8 Å². The number of rotatable bonds is 4. The molecule has 1 aromatic heterocycles. The van der Waals surface area contributed by atoms with E-state index in [9.17, 15) is 4.79 Å². The summed E-state index contributed by atoms with van der Waals surface area (Å²) < 4.78 is 1.48. The first-order chi connectivity index (χ1) is 13.1. The van der Waals surface area contributed by atoms with E-state index in [4.69, 9.17) is 5.84 Å². The molecule has 1 aromatic carbocycles. The molecule has 2 heterocycles. The number of nitrogens with two attached hydrogens (primary N) is 1. The molecule has 0 spiro atoms. The molecule has 6 nitrogen and oxygen atoms in total. The minimum Gasteiger partial charge on any atom is -0.342 e. The third-order valence-corrected chi connectivity index (χ3v) is 6.87. The Kier molecular flexibility index (Phi) is 5.38.